The van der Waals surface area contributed by atoms with Gasteiger partial charge in [-0.3, -0.25) is 0 Å². The third-order valence-electron chi connectivity index (χ3n) is 3.08. The minimum Gasteiger partial charge on any atom is -0.507 e. The number of ether oxygens (including phenoxy) is 1. The molecule has 7 nitrogen and oxygen atoms in total. The number of carboxylic acid groups (broad SMARTS) is 2. The number of aromatic carboxylic acids is 2. The van der Waals surface area contributed by atoms with E-state index in [0.29, 0.717) is 0 Å². The fourth-order valence-corrected chi connectivity index (χ4v) is 1.98. The highest BCUT2D eigenvalue weighted by Gasteiger charge is 2.19. The lowest BCUT2D eigenvalue weighted by molar-refractivity contribution is 0.0685. The van der Waals surface area contributed by atoms with Crippen LogP contribution in [0.4, 0.5) is 0 Å². The summed E-state index contributed by atoms with van der Waals surface area (Å²) in [6.07, 6.45) is 0. The number of carbonyl (C=O) groups is 2. The highest BCUT2D eigenvalue weighted by molar-refractivity contribution is 5.94. The molecule has 0 radical (unpaired) electrons. The van der Waals surface area contributed by atoms with Crippen molar-refractivity contribution in [1.82, 2.24) is 0 Å². The summed E-state index contributed by atoms with van der Waals surface area (Å²) < 4.78 is 4.90. The molecule has 0 aliphatic carbocycles. The van der Waals surface area contributed by atoms with Crippen molar-refractivity contribution in [3.63, 3.8) is 0 Å². The zero-order chi connectivity index (χ0) is 16.4. The van der Waals surface area contributed by atoms with Gasteiger partial charge in [0.1, 0.15) is 5.75 Å². The minimum absolute atomic E-state index is 0.0150. The molecule has 0 saturated heterocycles. The quantitative estimate of drug-likeness (QED) is 0.682. The highest BCUT2D eigenvalue weighted by atomic mass is 16.5. The predicted octanol–water partition coefficient (Wildman–Crippen LogP) is 2.17. The minimum atomic E-state index is -1.26. The Hall–Kier alpha value is -3.22. The molecular weight excluding hydrogens is 292 g/mol. The summed E-state index contributed by atoms with van der Waals surface area (Å²) >= 11 is 0. The van der Waals surface area contributed by atoms with Gasteiger partial charge in [0.2, 0.25) is 0 Å². The van der Waals surface area contributed by atoms with Crippen LogP contribution in [0.25, 0.3) is 11.1 Å². The summed E-state index contributed by atoms with van der Waals surface area (Å²) in [6.45, 7) is 0. The van der Waals surface area contributed by atoms with E-state index in [-0.39, 0.29) is 33.8 Å². The lowest BCUT2D eigenvalue weighted by Gasteiger charge is -2.12. The molecule has 2 aromatic rings. The Kier molecular flexibility index (Phi) is 3.89. The van der Waals surface area contributed by atoms with Crippen molar-refractivity contribution >= 4 is 11.9 Å². The molecule has 0 saturated carbocycles. The van der Waals surface area contributed by atoms with Gasteiger partial charge >= 0.3 is 11.9 Å². The van der Waals surface area contributed by atoms with Crippen LogP contribution in [-0.2, 0) is 0 Å². The van der Waals surface area contributed by atoms with Crippen molar-refractivity contribution in [2.24, 2.45) is 0 Å². The zero-order valence-corrected chi connectivity index (χ0v) is 11.4. The Bertz CT molecular complexity index is 765. The number of hydrogen-bond donors (Lipinski definition) is 4. The van der Waals surface area contributed by atoms with Gasteiger partial charge in [0.05, 0.1) is 18.2 Å². The summed E-state index contributed by atoms with van der Waals surface area (Å²) in [5.41, 5.74) is -0.354. The highest BCUT2D eigenvalue weighted by Crippen LogP contribution is 2.42. The molecule has 2 rings (SSSR count). The second-order valence-electron chi connectivity index (χ2n) is 4.42. The van der Waals surface area contributed by atoms with E-state index in [1.165, 1.54) is 13.2 Å². The van der Waals surface area contributed by atoms with E-state index in [1.54, 1.807) is 0 Å². The van der Waals surface area contributed by atoms with Crippen LogP contribution in [0.1, 0.15) is 20.7 Å². The van der Waals surface area contributed by atoms with E-state index in [2.05, 4.69) is 0 Å². The monoisotopic (exact) mass is 304 g/mol. The molecule has 7 heteroatoms. The van der Waals surface area contributed by atoms with Crippen LogP contribution >= 0.6 is 0 Å². The maximum atomic E-state index is 11.1. The number of carboxylic acids is 2. The summed E-state index contributed by atoms with van der Waals surface area (Å²) in [7, 11) is 1.25. The van der Waals surface area contributed by atoms with Crippen LogP contribution in [0, 0.1) is 0 Å². The third-order valence-corrected chi connectivity index (χ3v) is 3.08. The van der Waals surface area contributed by atoms with E-state index in [4.69, 9.17) is 14.9 Å². The van der Waals surface area contributed by atoms with E-state index in [9.17, 15) is 19.8 Å². The molecule has 0 aliphatic rings. The largest absolute Gasteiger partial charge is 0.507 e. The van der Waals surface area contributed by atoms with E-state index in [1.807, 2.05) is 0 Å². The lowest BCUT2D eigenvalue weighted by atomic mass is 9.98. The first-order valence-electron chi connectivity index (χ1n) is 6.06. The molecule has 0 spiro atoms. The Balaban J connectivity index is 2.76. The molecule has 0 atom stereocenters. The molecule has 0 fully saturated rings. The van der Waals surface area contributed by atoms with Gasteiger partial charge < -0.3 is 25.2 Å². The molecular formula is C15H12O7. The Morgan fingerprint density at radius 3 is 2.05 bits per heavy atom. The number of aromatic hydroxyl groups is 2. The Morgan fingerprint density at radius 2 is 1.50 bits per heavy atom. The number of rotatable bonds is 4. The molecule has 0 aliphatic heterocycles. The Morgan fingerprint density at radius 1 is 0.909 bits per heavy atom. The van der Waals surface area contributed by atoms with Crippen molar-refractivity contribution < 1.29 is 34.8 Å². The summed E-state index contributed by atoms with van der Waals surface area (Å²) in [4.78, 5) is 22.1. The van der Waals surface area contributed by atoms with Crippen LogP contribution in [0.15, 0.2) is 30.3 Å². The first-order valence-corrected chi connectivity index (χ1v) is 6.06. The van der Waals surface area contributed by atoms with Crippen molar-refractivity contribution in [3.8, 4) is 28.4 Å². The van der Waals surface area contributed by atoms with Crippen molar-refractivity contribution in [3.05, 3.63) is 41.5 Å². The maximum Gasteiger partial charge on any atom is 0.335 e. The Labute approximate surface area is 124 Å². The van der Waals surface area contributed by atoms with Crippen LogP contribution in [-0.4, -0.2) is 39.5 Å². The molecule has 0 heterocycles. The number of phenolic OH excluding ortho intramolecular Hbond substituents is 2. The molecule has 0 bridgehead atoms. The fourth-order valence-electron chi connectivity index (χ4n) is 1.98. The van der Waals surface area contributed by atoms with Gasteiger partial charge in [0, 0.05) is 11.1 Å². The first-order chi connectivity index (χ1) is 10.3. The number of benzene rings is 2. The summed E-state index contributed by atoms with van der Waals surface area (Å²) in [5.74, 6) is -3.28. The summed E-state index contributed by atoms with van der Waals surface area (Å²) in [5, 5.41) is 38.1. The number of hydrogen-bond acceptors (Lipinski definition) is 5. The van der Waals surface area contributed by atoms with Gasteiger partial charge in [0.15, 0.2) is 11.5 Å². The van der Waals surface area contributed by atoms with E-state index in [0.717, 1.165) is 24.3 Å². The number of methoxy groups -OCH3 is 1. The SMILES string of the molecule is COc1cc(C(=O)O)cc(-c2cc(C(=O)O)ccc2O)c1O. The zero-order valence-electron chi connectivity index (χ0n) is 11.4. The van der Waals surface area contributed by atoms with Crippen LogP contribution in [0.2, 0.25) is 0 Å². The molecule has 0 amide bonds. The molecule has 114 valence electrons. The van der Waals surface area contributed by atoms with E-state index < -0.39 is 17.7 Å². The average Bonchev–Trinajstić information content (AvgIpc) is 2.47. The van der Waals surface area contributed by atoms with E-state index >= 15 is 0 Å². The van der Waals surface area contributed by atoms with Crippen LogP contribution in [0.5, 0.6) is 17.2 Å². The normalized spacial score (nSPS) is 10.2. The topological polar surface area (TPSA) is 124 Å². The average molecular weight is 304 g/mol. The molecule has 2 aromatic carbocycles. The predicted molar refractivity (Wildman–Crippen MR) is 75.7 cm³/mol. The second kappa shape index (κ2) is 5.65. The fraction of sp³-hybridized carbons (Fsp3) is 0.0667. The molecule has 22 heavy (non-hydrogen) atoms. The van der Waals surface area contributed by atoms with Gasteiger partial charge in [-0.05, 0) is 30.3 Å². The molecule has 4 N–H and O–H groups in total. The summed E-state index contributed by atoms with van der Waals surface area (Å²) in [6, 6.07) is 5.73. The smallest absolute Gasteiger partial charge is 0.335 e. The lowest BCUT2D eigenvalue weighted by Crippen LogP contribution is -2.00. The standard InChI is InChI=1S/C15H12O7/c1-22-12-6-8(15(20)21)5-10(13(12)17)9-4-7(14(18)19)2-3-11(9)16/h2-6,16-17H,1H3,(H,18,19)(H,20,21). The van der Waals surface area contributed by atoms with Gasteiger partial charge in [-0.1, -0.05) is 0 Å². The number of phenols is 2. The van der Waals surface area contributed by atoms with Crippen LogP contribution in [0.3, 0.4) is 0 Å². The van der Waals surface area contributed by atoms with Gasteiger partial charge in [-0.2, -0.15) is 0 Å². The van der Waals surface area contributed by atoms with Crippen LogP contribution < -0.4 is 4.74 Å². The molecule has 0 aromatic heterocycles. The van der Waals surface area contributed by atoms with Crippen molar-refractivity contribution in [2.45, 2.75) is 0 Å². The van der Waals surface area contributed by atoms with Gasteiger partial charge in [0.25, 0.3) is 0 Å². The first kappa shape index (κ1) is 15.2. The van der Waals surface area contributed by atoms with Crippen molar-refractivity contribution in [1.29, 1.82) is 0 Å². The second-order valence-corrected chi connectivity index (χ2v) is 4.42. The maximum absolute atomic E-state index is 11.1. The van der Waals surface area contributed by atoms with Gasteiger partial charge in [-0.15, -0.1) is 0 Å². The molecule has 0 unspecified atom stereocenters. The van der Waals surface area contributed by atoms with Crippen molar-refractivity contribution in [2.75, 3.05) is 7.11 Å². The van der Waals surface area contributed by atoms with Gasteiger partial charge in [-0.25, -0.2) is 9.59 Å². The third kappa shape index (κ3) is 2.64.